The molecule has 1 unspecified atom stereocenters. The van der Waals surface area contributed by atoms with Gasteiger partial charge in [-0.15, -0.1) is 11.8 Å². The predicted molar refractivity (Wildman–Crippen MR) is 78.4 cm³/mol. The third-order valence-corrected chi connectivity index (χ3v) is 3.95. The van der Waals surface area contributed by atoms with Crippen LogP contribution in [0.25, 0.3) is 0 Å². The lowest BCUT2D eigenvalue weighted by molar-refractivity contribution is 0.0142. The highest BCUT2D eigenvalue weighted by Crippen LogP contribution is 2.17. The second-order valence-corrected chi connectivity index (χ2v) is 6.29. The van der Waals surface area contributed by atoms with Crippen molar-refractivity contribution >= 4 is 17.7 Å². The Morgan fingerprint density at radius 1 is 1.58 bits per heavy atom. The van der Waals surface area contributed by atoms with Gasteiger partial charge in [0.15, 0.2) is 0 Å². The summed E-state index contributed by atoms with van der Waals surface area (Å²) in [5.41, 5.74) is -0.325. The molecule has 1 heterocycles. The number of amides is 1. The monoisotopic (exact) mass is 282 g/mol. The Bertz CT molecular complexity index is 433. The van der Waals surface area contributed by atoms with Gasteiger partial charge in [0.1, 0.15) is 0 Å². The van der Waals surface area contributed by atoms with E-state index in [-0.39, 0.29) is 18.4 Å². The van der Waals surface area contributed by atoms with Gasteiger partial charge in [-0.2, -0.15) is 0 Å². The van der Waals surface area contributed by atoms with Crippen molar-refractivity contribution in [3.63, 3.8) is 0 Å². The molecule has 0 aliphatic rings. The molecule has 1 atom stereocenters. The van der Waals surface area contributed by atoms with Crippen LogP contribution >= 0.6 is 11.8 Å². The molecule has 0 spiro atoms. The average molecular weight is 282 g/mol. The zero-order valence-corrected chi connectivity index (χ0v) is 12.8. The van der Waals surface area contributed by atoms with Crippen molar-refractivity contribution in [1.82, 2.24) is 10.3 Å². The SMILES string of the molecule is CCSc1cc(C(=O)NCC(C)(O)C(C)C)ccn1. The van der Waals surface area contributed by atoms with Gasteiger partial charge in [0.25, 0.3) is 5.91 Å². The van der Waals surface area contributed by atoms with Gasteiger partial charge < -0.3 is 10.4 Å². The number of rotatable bonds is 6. The Hall–Kier alpha value is -1.07. The van der Waals surface area contributed by atoms with Crippen molar-refractivity contribution in [1.29, 1.82) is 0 Å². The topological polar surface area (TPSA) is 62.2 Å². The van der Waals surface area contributed by atoms with Crippen LogP contribution in [-0.2, 0) is 0 Å². The van der Waals surface area contributed by atoms with Crippen LogP contribution in [0.15, 0.2) is 23.4 Å². The van der Waals surface area contributed by atoms with E-state index in [1.54, 1.807) is 37.0 Å². The molecule has 1 aromatic rings. The molecule has 19 heavy (non-hydrogen) atoms. The molecule has 106 valence electrons. The smallest absolute Gasteiger partial charge is 0.251 e. The molecule has 0 aromatic carbocycles. The van der Waals surface area contributed by atoms with Crippen molar-refractivity contribution in [2.24, 2.45) is 5.92 Å². The molecule has 2 N–H and O–H groups in total. The maximum absolute atomic E-state index is 12.0. The highest BCUT2D eigenvalue weighted by molar-refractivity contribution is 7.99. The van der Waals surface area contributed by atoms with Gasteiger partial charge in [-0.1, -0.05) is 20.8 Å². The standard InChI is InChI=1S/C14H22N2O2S/c1-5-19-12-8-11(6-7-15-12)13(17)16-9-14(4,18)10(2)3/h6-8,10,18H,5,9H2,1-4H3,(H,16,17). The number of nitrogens with one attached hydrogen (secondary N) is 1. The van der Waals surface area contributed by atoms with Crippen LogP contribution in [0.1, 0.15) is 38.1 Å². The van der Waals surface area contributed by atoms with Gasteiger partial charge in [-0.05, 0) is 30.7 Å². The molecule has 1 rings (SSSR count). The summed E-state index contributed by atoms with van der Waals surface area (Å²) >= 11 is 1.59. The van der Waals surface area contributed by atoms with E-state index in [2.05, 4.69) is 10.3 Å². The van der Waals surface area contributed by atoms with E-state index >= 15 is 0 Å². The lowest BCUT2D eigenvalue weighted by atomic mass is 9.92. The summed E-state index contributed by atoms with van der Waals surface area (Å²) in [6.45, 7) is 7.85. The first-order valence-electron chi connectivity index (χ1n) is 6.46. The van der Waals surface area contributed by atoms with E-state index in [0.717, 1.165) is 10.8 Å². The van der Waals surface area contributed by atoms with Gasteiger partial charge in [0, 0.05) is 18.3 Å². The van der Waals surface area contributed by atoms with Crippen molar-refractivity contribution in [3.05, 3.63) is 23.9 Å². The van der Waals surface area contributed by atoms with Crippen LogP contribution in [0.3, 0.4) is 0 Å². The highest BCUT2D eigenvalue weighted by atomic mass is 32.2. The third kappa shape index (κ3) is 4.84. The van der Waals surface area contributed by atoms with Crippen molar-refractivity contribution < 1.29 is 9.90 Å². The van der Waals surface area contributed by atoms with Gasteiger partial charge in [-0.25, -0.2) is 4.98 Å². The molecule has 0 fully saturated rings. The van der Waals surface area contributed by atoms with E-state index in [9.17, 15) is 9.90 Å². The summed E-state index contributed by atoms with van der Waals surface area (Å²) < 4.78 is 0. The number of thioether (sulfide) groups is 1. The maximum Gasteiger partial charge on any atom is 0.251 e. The second-order valence-electron chi connectivity index (χ2n) is 5.01. The molecule has 1 amide bonds. The fraction of sp³-hybridized carbons (Fsp3) is 0.571. The first-order valence-corrected chi connectivity index (χ1v) is 7.44. The normalized spacial score (nSPS) is 14.2. The van der Waals surface area contributed by atoms with Crippen LogP contribution in [0.4, 0.5) is 0 Å². The molecule has 0 saturated heterocycles. The van der Waals surface area contributed by atoms with Crippen molar-refractivity contribution in [2.75, 3.05) is 12.3 Å². The van der Waals surface area contributed by atoms with Crippen LogP contribution in [0.5, 0.6) is 0 Å². The minimum absolute atomic E-state index is 0.0800. The number of hydrogen-bond donors (Lipinski definition) is 2. The zero-order valence-electron chi connectivity index (χ0n) is 11.9. The number of aromatic nitrogens is 1. The minimum Gasteiger partial charge on any atom is -0.388 e. The van der Waals surface area contributed by atoms with Crippen LogP contribution in [0.2, 0.25) is 0 Å². The Balaban J connectivity index is 2.66. The van der Waals surface area contributed by atoms with E-state index < -0.39 is 5.60 Å². The third-order valence-electron chi connectivity index (χ3n) is 3.14. The van der Waals surface area contributed by atoms with E-state index in [0.29, 0.717) is 5.56 Å². The fourth-order valence-electron chi connectivity index (χ4n) is 1.34. The summed E-state index contributed by atoms with van der Waals surface area (Å²) in [6, 6.07) is 3.45. The van der Waals surface area contributed by atoms with E-state index in [4.69, 9.17) is 0 Å². The summed E-state index contributed by atoms with van der Waals surface area (Å²) in [5.74, 6) is 0.817. The van der Waals surface area contributed by atoms with Crippen LogP contribution in [0, 0.1) is 5.92 Å². The maximum atomic E-state index is 12.0. The molecule has 0 aliphatic heterocycles. The van der Waals surface area contributed by atoms with Crippen LogP contribution in [-0.4, -0.2) is 33.9 Å². The van der Waals surface area contributed by atoms with E-state index in [1.165, 1.54) is 0 Å². The first kappa shape index (κ1) is 16.0. The number of carbonyl (C=O) groups excluding carboxylic acids is 1. The lowest BCUT2D eigenvalue weighted by Crippen LogP contribution is -2.44. The summed E-state index contributed by atoms with van der Waals surface area (Å²) in [5, 5.41) is 13.7. The van der Waals surface area contributed by atoms with Gasteiger partial charge >= 0.3 is 0 Å². The van der Waals surface area contributed by atoms with Gasteiger partial charge in [-0.3, -0.25) is 4.79 Å². The molecule has 0 aliphatic carbocycles. The van der Waals surface area contributed by atoms with Gasteiger partial charge in [0.05, 0.1) is 10.6 Å². The Kier molecular flexibility index (Phi) is 5.82. The molecular formula is C14H22N2O2S. The van der Waals surface area contributed by atoms with Crippen molar-refractivity contribution in [2.45, 2.75) is 38.3 Å². The second kappa shape index (κ2) is 6.91. The summed E-state index contributed by atoms with van der Waals surface area (Å²) in [4.78, 5) is 16.2. The molecule has 1 aromatic heterocycles. The molecule has 0 saturated carbocycles. The number of hydrogen-bond acceptors (Lipinski definition) is 4. The molecule has 4 nitrogen and oxygen atoms in total. The number of pyridine rings is 1. The highest BCUT2D eigenvalue weighted by Gasteiger charge is 2.25. The lowest BCUT2D eigenvalue weighted by Gasteiger charge is -2.27. The summed E-state index contributed by atoms with van der Waals surface area (Å²) in [7, 11) is 0. The Morgan fingerprint density at radius 2 is 2.26 bits per heavy atom. The predicted octanol–water partition coefficient (Wildman–Crippen LogP) is 2.33. The minimum atomic E-state index is -0.899. The molecular weight excluding hydrogens is 260 g/mol. The zero-order chi connectivity index (χ0) is 14.5. The van der Waals surface area contributed by atoms with Gasteiger partial charge in [0.2, 0.25) is 0 Å². The molecule has 0 radical (unpaired) electrons. The number of aliphatic hydroxyl groups is 1. The quantitative estimate of drug-likeness (QED) is 0.786. The molecule has 0 bridgehead atoms. The van der Waals surface area contributed by atoms with Crippen molar-refractivity contribution in [3.8, 4) is 0 Å². The van der Waals surface area contributed by atoms with Crippen LogP contribution < -0.4 is 5.32 Å². The Morgan fingerprint density at radius 3 is 2.84 bits per heavy atom. The summed E-state index contributed by atoms with van der Waals surface area (Å²) in [6.07, 6.45) is 1.63. The Labute approximate surface area is 119 Å². The first-order chi connectivity index (χ1) is 8.86. The fourth-order valence-corrected chi connectivity index (χ4v) is 1.98. The number of nitrogens with zero attached hydrogens (tertiary/aromatic N) is 1. The average Bonchev–Trinajstić information content (AvgIpc) is 2.36. The number of carbonyl (C=O) groups is 1. The molecule has 5 heteroatoms. The van der Waals surface area contributed by atoms with E-state index in [1.807, 2.05) is 20.8 Å². The largest absolute Gasteiger partial charge is 0.388 e.